The van der Waals surface area contributed by atoms with E-state index < -0.39 is 5.92 Å². The molecule has 1 atom stereocenters. The summed E-state index contributed by atoms with van der Waals surface area (Å²) < 4.78 is 5.81. The monoisotopic (exact) mass is 295 g/mol. The summed E-state index contributed by atoms with van der Waals surface area (Å²) >= 11 is 3.33. The highest BCUT2D eigenvalue weighted by Gasteiger charge is 2.19. The Bertz CT molecular complexity index is 451. The first-order valence-corrected chi connectivity index (χ1v) is 6.20. The molecule has 0 heterocycles. The lowest BCUT2D eigenvalue weighted by molar-refractivity contribution is 0.0943. The second-order valence-corrected chi connectivity index (χ2v) is 4.54. The van der Waals surface area contributed by atoms with Crippen molar-refractivity contribution in [3.63, 3.8) is 0 Å². The Labute approximate surface area is 110 Å². The zero-order chi connectivity index (χ0) is 12.8. The normalized spacial score (nSPS) is 11.6. The van der Waals surface area contributed by atoms with Crippen molar-refractivity contribution >= 4 is 21.7 Å². The number of rotatable bonds is 5. The molecule has 0 spiro atoms. The number of carbonyl (C=O) groups excluding carboxylic acids is 1. The van der Waals surface area contributed by atoms with Crippen LogP contribution in [-0.4, -0.2) is 12.9 Å². The van der Waals surface area contributed by atoms with Crippen LogP contribution in [0, 0.1) is 17.2 Å². The number of hydrogen-bond acceptors (Lipinski definition) is 3. The summed E-state index contributed by atoms with van der Waals surface area (Å²) in [7, 11) is 1.57. The topological polar surface area (TPSA) is 50.1 Å². The molecule has 17 heavy (non-hydrogen) atoms. The fraction of sp³-hybridized carbons (Fsp3) is 0.385. The number of ether oxygens (including phenoxy) is 1. The molecule has 0 aliphatic heterocycles. The minimum Gasteiger partial charge on any atom is -0.496 e. The van der Waals surface area contributed by atoms with Gasteiger partial charge in [-0.2, -0.15) is 5.26 Å². The van der Waals surface area contributed by atoms with Crippen LogP contribution < -0.4 is 4.74 Å². The molecular weight excluding hydrogens is 282 g/mol. The third-order valence-corrected chi connectivity index (χ3v) is 3.11. The van der Waals surface area contributed by atoms with Crippen LogP contribution in [0.25, 0.3) is 0 Å². The molecule has 1 rings (SSSR count). The molecule has 1 aromatic rings. The predicted octanol–water partition coefficient (Wildman–Crippen LogP) is 3.58. The molecule has 1 unspecified atom stereocenters. The van der Waals surface area contributed by atoms with Crippen molar-refractivity contribution in [3.8, 4) is 11.8 Å². The molecule has 0 aliphatic carbocycles. The van der Waals surface area contributed by atoms with Gasteiger partial charge in [0.25, 0.3) is 0 Å². The van der Waals surface area contributed by atoms with E-state index in [9.17, 15) is 4.79 Å². The highest BCUT2D eigenvalue weighted by molar-refractivity contribution is 9.10. The molecule has 0 saturated carbocycles. The number of carbonyl (C=O) groups is 1. The summed E-state index contributed by atoms with van der Waals surface area (Å²) in [5.74, 6) is -0.0106. The molecule has 0 saturated heterocycles. The maximum absolute atomic E-state index is 12.0. The van der Waals surface area contributed by atoms with Crippen LogP contribution in [-0.2, 0) is 0 Å². The number of hydrogen-bond donors (Lipinski definition) is 0. The summed E-state index contributed by atoms with van der Waals surface area (Å²) in [4.78, 5) is 12.0. The minimum absolute atomic E-state index is 0.127. The van der Waals surface area contributed by atoms with Gasteiger partial charge in [-0.05, 0) is 40.5 Å². The number of nitriles is 1. The van der Waals surface area contributed by atoms with Gasteiger partial charge in [-0.3, -0.25) is 4.79 Å². The summed E-state index contributed by atoms with van der Waals surface area (Å²) in [6.07, 6.45) is 1.42. The van der Waals surface area contributed by atoms with Gasteiger partial charge < -0.3 is 4.74 Å². The van der Waals surface area contributed by atoms with Crippen LogP contribution in [0.4, 0.5) is 0 Å². The molecule has 1 aromatic carbocycles. The quantitative estimate of drug-likeness (QED) is 0.780. The zero-order valence-electron chi connectivity index (χ0n) is 9.87. The van der Waals surface area contributed by atoms with Gasteiger partial charge in [0.05, 0.1) is 17.7 Å². The third kappa shape index (κ3) is 3.31. The largest absolute Gasteiger partial charge is 0.496 e. The molecule has 0 bridgehead atoms. The van der Waals surface area contributed by atoms with Gasteiger partial charge in [-0.25, -0.2) is 0 Å². The van der Waals surface area contributed by atoms with Crippen molar-refractivity contribution in [2.45, 2.75) is 19.8 Å². The first-order chi connectivity index (χ1) is 8.13. The van der Waals surface area contributed by atoms with Crippen molar-refractivity contribution in [3.05, 3.63) is 28.2 Å². The van der Waals surface area contributed by atoms with Crippen molar-refractivity contribution < 1.29 is 9.53 Å². The Morgan fingerprint density at radius 3 is 2.76 bits per heavy atom. The van der Waals surface area contributed by atoms with Gasteiger partial charge in [0, 0.05) is 5.56 Å². The van der Waals surface area contributed by atoms with E-state index in [1.54, 1.807) is 25.3 Å². The standard InChI is InChI=1S/C13H14BrNO2/c1-3-4-10(8-15)13(16)9-5-6-12(17-2)11(14)7-9/h5-7,10H,3-4H2,1-2H3. The van der Waals surface area contributed by atoms with Crippen molar-refractivity contribution in [2.24, 2.45) is 5.92 Å². The van der Waals surface area contributed by atoms with Gasteiger partial charge in [0.15, 0.2) is 5.78 Å². The van der Waals surface area contributed by atoms with Gasteiger partial charge in [0.1, 0.15) is 11.7 Å². The van der Waals surface area contributed by atoms with Gasteiger partial charge in [-0.1, -0.05) is 13.3 Å². The fourth-order valence-corrected chi connectivity index (χ4v) is 2.10. The summed E-state index contributed by atoms with van der Waals surface area (Å²) in [6.45, 7) is 1.96. The van der Waals surface area contributed by atoms with Crippen LogP contribution in [0.15, 0.2) is 22.7 Å². The van der Waals surface area contributed by atoms with Crippen LogP contribution in [0.5, 0.6) is 5.75 Å². The fourth-order valence-electron chi connectivity index (χ4n) is 1.56. The lowest BCUT2D eigenvalue weighted by Gasteiger charge is -2.08. The Kier molecular flexibility index (Phi) is 5.17. The SMILES string of the molecule is CCCC(C#N)C(=O)c1ccc(OC)c(Br)c1. The minimum atomic E-state index is -0.555. The first kappa shape index (κ1) is 13.7. The lowest BCUT2D eigenvalue weighted by Crippen LogP contribution is -2.12. The van der Waals surface area contributed by atoms with E-state index in [0.29, 0.717) is 17.7 Å². The van der Waals surface area contributed by atoms with E-state index in [1.165, 1.54) is 0 Å². The molecular formula is C13H14BrNO2. The highest BCUT2D eigenvalue weighted by atomic mass is 79.9. The van der Waals surface area contributed by atoms with Crippen molar-refractivity contribution in [2.75, 3.05) is 7.11 Å². The number of nitrogens with zero attached hydrogens (tertiary/aromatic N) is 1. The molecule has 0 fully saturated rings. The molecule has 3 nitrogen and oxygen atoms in total. The zero-order valence-corrected chi connectivity index (χ0v) is 11.5. The Morgan fingerprint density at radius 2 is 2.29 bits per heavy atom. The summed E-state index contributed by atoms with van der Waals surface area (Å²) in [6, 6.07) is 7.16. The molecule has 0 aromatic heterocycles. The second kappa shape index (κ2) is 6.41. The Hall–Kier alpha value is -1.34. The third-order valence-electron chi connectivity index (χ3n) is 2.49. The smallest absolute Gasteiger partial charge is 0.180 e. The van der Waals surface area contributed by atoms with E-state index >= 15 is 0 Å². The lowest BCUT2D eigenvalue weighted by atomic mass is 9.95. The predicted molar refractivity (Wildman–Crippen MR) is 69.0 cm³/mol. The molecule has 0 aliphatic rings. The van der Waals surface area contributed by atoms with Crippen LogP contribution in [0.1, 0.15) is 30.1 Å². The van der Waals surface area contributed by atoms with Gasteiger partial charge >= 0.3 is 0 Å². The number of ketones is 1. The van der Waals surface area contributed by atoms with E-state index in [2.05, 4.69) is 22.0 Å². The van der Waals surface area contributed by atoms with E-state index in [1.807, 2.05) is 6.92 Å². The number of methoxy groups -OCH3 is 1. The number of benzene rings is 1. The van der Waals surface area contributed by atoms with Gasteiger partial charge in [0.2, 0.25) is 0 Å². The highest BCUT2D eigenvalue weighted by Crippen LogP contribution is 2.27. The average Bonchev–Trinajstić information content (AvgIpc) is 2.35. The van der Waals surface area contributed by atoms with Gasteiger partial charge in [-0.15, -0.1) is 0 Å². The van der Waals surface area contributed by atoms with Crippen molar-refractivity contribution in [1.29, 1.82) is 5.26 Å². The van der Waals surface area contributed by atoms with E-state index in [-0.39, 0.29) is 5.78 Å². The maximum Gasteiger partial charge on any atom is 0.180 e. The van der Waals surface area contributed by atoms with E-state index in [0.717, 1.165) is 10.9 Å². The summed E-state index contributed by atoms with van der Waals surface area (Å²) in [5, 5.41) is 8.95. The molecule has 4 heteroatoms. The first-order valence-electron chi connectivity index (χ1n) is 5.41. The summed E-state index contributed by atoms with van der Waals surface area (Å²) in [5.41, 5.74) is 0.540. The molecule has 0 radical (unpaired) electrons. The average molecular weight is 296 g/mol. The Balaban J connectivity index is 2.97. The molecule has 0 amide bonds. The second-order valence-electron chi connectivity index (χ2n) is 3.68. The molecule has 0 N–H and O–H groups in total. The maximum atomic E-state index is 12.0. The van der Waals surface area contributed by atoms with Crippen LogP contribution in [0.2, 0.25) is 0 Å². The molecule has 90 valence electrons. The number of Topliss-reactive ketones (excluding diaryl/α,β-unsaturated/α-hetero) is 1. The Morgan fingerprint density at radius 1 is 1.59 bits per heavy atom. The number of halogens is 1. The van der Waals surface area contributed by atoms with Crippen molar-refractivity contribution in [1.82, 2.24) is 0 Å². The van der Waals surface area contributed by atoms with E-state index in [4.69, 9.17) is 10.00 Å². The van der Waals surface area contributed by atoms with Crippen LogP contribution >= 0.6 is 15.9 Å². The van der Waals surface area contributed by atoms with Crippen LogP contribution in [0.3, 0.4) is 0 Å².